The first-order valence-corrected chi connectivity index (χ1v) is 9.21. The number of aliphatic hydroxyl groups excluding tert-OH is 1. The third-order valence-corrected chi connectivity index (χ3v) is 6.01. The van der Waals surface area contributed by atoms with Crippen LogP contribution in [0.3, 0.4) is 0 Å². The third-order valence-electron chi connectivity index (χ3n) is 6.01. The second-order valence-corrected chi connectivity index (χ2v) is 7.39. The molecule has 0 radical (unpaired) electrons. The second kappa shape index (κ2) is 6.90. The zero-order chi connectivity index (χ0) is 17.3. The molecule has 1 N–H and O–H groups in total. The topological polar surface area (TPSA) is 50.5 Å². The fraction of sp³-hybridized carbons (Fsp3) is 0.550. The summed E-state index contributed by atoms with van der Waals surface area (Å²) < 4.78 is 8.17. The van der Waals surface area contributed by atoms with Gasteiger partial charge in [-0.3, -0.25) is 4.90 Å². The summed E-state index contributed by atoms with van der Waals surface area (Å²) in [6, 6.07) is 10.8. The molecule has 1 saturated heterocycles. The molecule has 0 unspecified atom stereocenters. The molecule has 0 amide bonds. The summed E-state index contributed by atoms with van der Waals surface area (Å²) in [4.78, 5) is 7.05. The average molecular weight is 341 g/mol. The zero-order valence-corrected chi connectivity index (χ0v) is 14.8. The SMILES string of the molecule is CO[C@@]12CC[C@H](O)C[C@@H]1N(Cc1nccn1Cc1ccccc1)CC2. The Labute approximate surface area is 149 Å². The molecule has 1 aromatic heterocycles. The number of methoxy groups -OCH3 is 1. The van der Waals surface area contributed by atoms with Crippen LogP contribution in [-0.4, -0.2) is 51.0 Å². The first-order chi connectivity index (χ1) is 12.2. The number of hydrogen-bond acceptors (Lipinski definition) is 4. The number of fused-ring (bicyclic) bond motifs is 1. The van der Waals surface area contributed by atoms with Crippen molar-refractivity contribution in [2.45, 2.75) is 56.5 Å². The van der Waals surface area contributed by atoms with Gasteiger partial charge in [-0.05, 0) is 31.2 Å². The van der Waals surface area contributed by atoms with Crippen molar-refractivity contribution in [3.8, 4) is 0 Å². The fourth-order valence-electron chi connectivity index (χ4n) is 4.56. The normalized spacial score (nSPS) is 29.7. The maximum absolute atomic E-state index is 10.2. The summed E-state index contributed by atoms with van der Waals surface area (Å²) in [5, 5.41) is 10.2. The molecule has 2 aliphatic rings. The van der Waals surface area contributed by atoms with Crippen molar-refractivity contribution in [1.82, 2.24) is 14.5 Å². The molecule has 25 heavy (non-hydrogen) atoms. The van der Waals surface area contributed by atoms with Crippen molar-refractivity contribution in [3.63, 3.8) is 0 Å². The standard InChI is InChI=1S/C20H27N3O2/c1-25-20-8-7-17(24)13-18(20)22(11-9-20)15-19-21-10-12-23(19)14-16-5-3-2-4-6-16/h2-6,10,12,17-18,24H,7-9,11,13-15H2,1H3/t17-,18-,20+/m0/s1. The Hall–Kier alpha value is -1.69. The molecule has 2 heterocycles. The van der Waals surface area contributed by atoms with Crippen LogP contribution < -0.4 is 0 Å². The minimum absolute atomic E-state index is 0.0872. The molecule has 1 aromatic carbocycles. The van der Waals surface area contributed by atoms with Crippen LogP contribution >= 0.6 is 0 Å². The molecule has 0 spiro atoms. The molecular weight excluding hydrogens is 314 g/mol. The van der Waals surface area contributed by atoms with Gasteiger partial charge in [0.1, 0.15) is 5.82 Å². The third kappa shape index (κ3) is 3.24. The van der Waals surface area contributed by atoms with E-state index >= 15 is 0 Å². The van der Waals surface area contributed by atoms with Crippen LogP contribution in [0.5, 0.6) is 0 Å². The van der Waals surface area contributed by atoms with Crippen LogP contribution in [-0.2, 0) is 17.8 Å². The van der Waals surface area contributed by atoms with Gasteiger partial charge in [-0.2, -0.15) is 0 Å². The average Bonchev–Trinajstić information content (AvgIpc) is 3.22. The Bertz CT molecular complexity index is 702. The van der Waals surface area contributed by atoms with E-state index in [1.807, 2.05) is 19.4 Å². The molecule has 1 aliphatic heterocycles. The van der Waals surface area contributed by atoms with E-state index < -0.39 is 0 Å². The summed E-state index contributed by atoms with van der Waals surface area (Å²) in [7, 11) is 1.82. The first-order valence-electron chi connectivity index (χ1n) is 9.21. The number of nitrogens with zero attached hydrogens (tertiary/aromatic N) is 3. The van der Waals surface area contributed by atoms with E-state index in [1.54, 1.807) is 0 Å². The summed E-state index contributed by atoms with van der Waals surface area (Å²) in [6.07, 6.45) is 7.36. The van der Waals surface area contributed by atoms with Gasteiger partial charge in [-0.25, -0.2) is 4.98 Å². The van der Waals surface area contributed by atoms with Crippen molar-refractivity contribution < 1.29 is 9.84 Å². The minimum Gasteiger partial charge on any atom is -0.393 e. The highest BCUT2D eigenvalue weighted by Gasteiger charge is 2.50. The lowest BCUT2D eigenvalue weighted by Crippen LogP contribution is -2.51. The van der Waals surface area contributed by atoms with Gasteiger partial charge in [0.25, 0.3) is 0 Å². The zero-order valence-electron chi connectivity index (χ0n) is 14.8. The Kier molecular flexibility index (Phi) is 4.63. The highest BCUT2D eigenvalue weighted by Crippen LogP contribution is 2.42. The summed E-state index contributed by atoms with van der Waals surface area (Å²) in [5.74, 6) is 1.08. The molecule has 5 nitrogen and oxygen atoms in total. The van der Waals surface area contributed by atoms with Crippen LogP contribution in [0.15, 0.2) is 42.7 Å². The van der Waals surface area contributed by atoms with Gasteiger partial charge in [0.15, 0.2) is 0 Å². The van der Waals surface area contributed by atoms with Crippen molar-refractivity contribution in [1.29, 1.82) is 0 Å². The van der Waals surface area contributed by atoms with Crippen molar-refractivity contribution in [3.05, 3.63) is 54.1 Å². The molecule has 2 aromatic rings. The lowest BCUT2D eigenvalue weighted by molar-refractivity contribution is -0.0882. The summed E-state index contributed by atoms with van der Waals surface area (Å²) in [6.45, 7) is 2.65. The van der Waals surface area contributed by atoms with Gasteiger partial charge in [-0.1, -0.05) is 30.3 Å². The molecule has 134 valence electrons. The number of rotatable bonds is 5. The van der Waals surface area contributed by atoms with Gasteiger partial charge in [-0.15, -0.1) is 0 Å². The van der Waals surface area contributed by atoms with E-state index in [1.165, 1.54) is 5.56 Å². The van der Waals surface area contributed by atoms with Gasteiger partial charge in [0.2, 0.25) is 0 Å². The van der Waals surface area contributed by atoms with Crippen LogP contribution in [0.4, 0.5) is 0 Å². The molecule has 5 heteroatoms. The van der Waals surface area contributed by atoms with E-state index in [0.29, 0.717) is 0 Å². The predicted molar refractivity (Wildman–Crippen MR) is 96.2 cm³/mol. The summed E-state index contributed by atoms with van der Waals surface area (Å²) >= 11 is 0. The highest BCUT2D eigenvalue weighted by atomic mass is 16.5. The number of likely N-dealkylation sites (tertiary alicyclic amines) is 1. The van der Waals surface area contributed by atoms with Crippen molar-refractivity contribution >= 4 is 0 Å². The van der Waals surface area contributed by atoms with Crippen LogP contribution in [0.1, 0.15) is 37.1 Å². The van der Waals surface area contributed by atoms with Crippen LogP contribution in [0.25, 0.3) is 0 Å². The maximum Gasteiger partial charge on any atom is 0.123 e. The second-order valence-electron chi connectivity index (χ2n) is 7.39. The maximum atomic E-state index is 10.2. The molecule has 2 fully saturated rings. The van der Waals surface area contributed by atoms with Gasteiger partial charge in [0.05, 0.1) is 18.2 Å². The quantitative estimate of drug-likeness (QED) is 0.907. The predicted octanol–water partition coefficient (Wildman–Crippen LogP) is 2.44. The molecule has 1 aliphatic carbocycles. The van der Waals surface area contributed by atoms with Crippen LogP contribution in [0, 0.1) is 0 Å². The van der Waals surface area contributed by atoms with Crippen molar-refractivity contribution in [2.75, 3.05) is 13.7 Å². The number of hydrogen-bond donors (Lipinski definition) is 1. The smallest absolute Gasteiger partial charge is 0.123 e. The van der Waals surface area contributed by atoms with Crippen LogP contribution in [0.2, 0.25) is 0 Å². The number of aliphatic hydroxyl groups is 1. The van der Waals surface area contributed by atoms with E-state index in [2.05, 4.69) is 44.9 Å². The lowest BCUT2D eigenvalue weighted by atomic mass is 9.79. The van der Waals surface area contributed by atoms with Crippen molar-refractivity contribution in [2.24, 2.45) is 0 Å². The van der Waals surface area contributed by atoms with E-state index in [0.717, 1.165) is 51.1 Å². The number of imidazole rings is 1. The lowest BCUT2D eigenvalue weighted by Gasteiger charge is -2.42. The Morgan fingerprint density at radius 3 is 2.88 bits per heavy atom. The molecule has 1 saturated carbocycles. The molecule has 0 bridgehead atoms. The Morgan fingerprint density at radius 2 is 2.08 bits per heavy atom. The summed E-state index contributed by atoms with van der Waals surface area (Å²) in [5.41, 5.74) is 1.19. The highest BCUT2D eigenvalue weighted by molar-refractivity contribution is 5.16. The number of benzene rings is 1. The Balaban J connectivity index is 1.50. The van der Waals surface area contributed by atoms with E-state index in [9.17, 15) is 5.11 Å². The molecular formula is C20H27N3O2. The minimum atomic E-state index is -0.210. The molecule has 3 atom stereocenters. The monoisotopic (exact) mass is 341 g/mol. The fourth-order valence-corrected chi connectivity index (χ4v) is 4.56. The first kappa shape index (κ1) is 16.8. The number of ether oxygens (including phenoxy) is 1. The van der Waals surface area contributed by atoms with Gasteiger partial charge < -0.3 is 14.4 Å². The number of aromatic nitrogens is 2. The Morgan fingerprint density at radius 1 is 1.24 bits per heavy atom. The largest absolute Gasteiger partial charge is 0.393 e. The van der Waals surface area contributed by atoms with Gasteiger partial charge in [0, 0.05) is 38.6 Å². The molecule has 4 rings (SSSR count). The van der Waals surface area contributed by atoms with Gasteiger partial charge >= 0.3 is 0 Å². The van der Waals surface area contributed by atoms with E-state index in [4.69, 9.17) is 4.74 Å². The van der Waals surface area contributed by atoms with E-state index in [-0.39, 0.29) is 17.7 Å².